The second-order valence-corrected chi connectivity index (χ2v) is 4.99. The minimum Gasteiger partial charge on any atom is -0.438 e. The third kappa shape index (κ3) is 2.70. The first kappa shape index (κ1) is 15.6. The zero-order valence-corrected chi connectivity index (χ0v) is 12.0. The summed E-state index contributed by atoms with van der Waals surface area (Å²) in [6, 6.07) is 5.94. The van der Waals surface area contributed by atoms with E-state index in [1.165, 1.54) is 31.2 Å². The van der Waals surface area contributed by atoms with Crippen LogP contribution >= 0.6 is 11.6 Å². The molecule has 2 rings (SSSR count). The van der Waals surface area contributed by atoms with Crippen LogP contribution in [-0.4, -0.2) is 28.7 Å². The molecule has 0 aromatic heterocycles. The number of hydrogen-bond donors (Lipinski definition) is 0. The molecule has 0 N–H and O–H groups in total. The van der Waals surface area contributed by atoms with Crippen molar-refractivity contribution >= 4 is 23.4 Å². The second kappa shape index (κ2) is 5.22. The van der Waals surface area contributed by atoms with Gasteiger partial charge in [-0.3, -0.25) is 4.79 Å². The van der Waals surface area contributed by atoms with Crippen molar-refractivity contribution < 1.29 is 22.7 Å². The molecule has 1 unspecified atom stereocenters. The summed E-state index contributed by atoms with van der Waals surface area (Å²) in [7, 11) is 0. The van der Waals surface area contributed by atoms with Crippen LogP contribution in [0.2, 0.25) is 5.02 Å². The maximum atomic E-state index is 13.2. The Balaban J connectivity index is 2.43. The van der Waals surface area contributed by atoms with Crippen LogP contribution in [0.25, 0.3) is 0 Å². The predicted molar refractivity (Wildman–Crippen MR) is 70.7 cm³/mol. The molecule has 0 bridgehead atoms. The van der Waals surface area contributed by atoms with Crippen LogP contribution < -0.4 is 0 Å². The maximum absolute atomic E-state index is 13.2. The fourth-order valence-corrected chi connectivity index (χ4v) is 1.89. The van der Waals surface area contributed by atoms with E-state index in [9.17, 15) is 18.0 Å². The predicted octanol–water partition coefficient (Wildman–Crippen LogP) is 3.55. The van der Waals surface area contributed by atoms with E-state index >= 15 is 0 Å². The standard InChI is InChI=1S/C13H12ClF3N2O2/c1-3-10(20)19-12(2,13(15,16)17)21-11(18-19)8-4-6-9(14)7-5-8/h4-7H,3H2,1-2H3. The Morgan fingerprint density at radius 3 is 2.43 bits per heavy atom. The van der Waals surface area contributed by atoms with Crippen molar-refractivity contribution in [3.63, 3.8) is 0 Å². The number of hydrogen-bond acceptors (Lipinski definition) is 3. The Labute approximate surface area is 124 Å². The average molecular weight is 321 g/mol. The van der Waals surface area contributed by atoms with Crippen molar-refractivity contribution in [2.24, 2.45) is 5.10 Å². The van der Waals surface area contributed by atoms with E-state index in [-0.39, 0.29) is 12.3 Å². The van der Waals surface area contributed by atoms with Gasteiger partial charge in [-0.2, -0.15) is 18.2 Å². The molecule has 0 saturated carbocycles. The second-order valence-electron chi connectivity index (χ2n) is 4.55. The van der Waals surface area contributed by atoms with Gasteiger partial charge in [-0.25, -0.2) is 0 Å². The van der Waals surface area contributed by atoms with Gasteiger partial charge < -0.3 is 4.74 Å². The van der Waals surface area contributed by atoms with Crippen LogP contribution in [0.4, 0.5) is 13.2 Å². The lowest BCUT2D eigenvalue weighted by Gasteiger charge is -2.32. The highest BCUT2D eigenvalue weighted by molar-refractivity contribution is 6.30. The molecule has 8 heteroatoms. The van der Waals surface area contributed by atoms with Crippen molar-refractivity contribution in [2.45, 2.75) is 32.2 Å². The average Bonchev–Trinajstić information content (AvgIpc) is 2.78. The van der Waals surface area contributed by atoms with Crippen molar-refractivity contribution in [3.05, 3.63) is 34.9 Å². The zero-order valence-electron chi connectivity index (χ0n) is 11.2. The molecular formula is C13H12ClF3N2O2. The molecule has 1 amide bonds. The molecule has 0 radical (unpaired) electrons. The number of rotatable bonds is 2. The first-order valence-corrected chi connectivity index (χ1v) is 6.50. The lowest BCUT2D eigenvalue weighted by Crippen LogP contribution is -2.55. The molecular weight excluding hydrogens is 309 g/mol. The van der Waals surface area contributed by atoms with E-state index in [0.717, 1.165) is 6.92 Å². The van der Waals surface area contributed by atoms with Gasteiger partial charge in [-0.05, 0) is 24.3 Å². The quantitative estimate of drug-likeness (QED) is 0.836. The molecule has 0 spiro atoms. The maximum Gasteiger partial charge on any atom is 0.450 e. The molecule has 1 atom stereocenters. The number of carbonyl (C=O) groups is 1. The number of amides is 1. The summed E-state index contributed by atoms with van der Waals surface area (Å²) in [4.78, 5) is 11.7. The summed E-state index contributed by atoms with van der Waals surface area (Å²) in [5.74, 6) is -1.05. The summed E-state index contributed by atoms with van der Waals surface area (Å²) in [5.41, 5.74) is -2.50. The summed E-state index contributed by atoms with van der Waals surface area (Å²) in [6.07, 6.45) is -4.90. The van der Waals surface area contributed by atoms with Crippen LogP contribution in [0.1, 0.15) is 25.8 Å². The van der Waals surface area contributed by atoms with Crippen LogP contribution in [0, 0.1) is 0 Å². The van der Waals surface area contributed by atoms with Gasteiger partial charge in [0.05, 0.1) is 0 Å². The number of benzene rings is 1. The molecule has 0 saturated heterocycles. The molecule has 114 valence electrons. The highest BCUT2D eigenvalue weighted by atomic mass is 35.5. The van der Waals surface area contributed by atoms with Gasteiger partial charge in [0.1, 0.15) is 0 Å². The molecule has 1 aromatic rings. The van der Waals surface area contributed by atoms with Crippen molar-refractivity contribution in [3.8, 4) is 0 Å². The van der Waals surface area contributed by atoms with Crippen molar-refractivity contribution in [1.82, 2.24) is 5.01 Å². The summed E-state index contributed by atoms with van der Waals surface area (Å²) in [5, 5.41) is 4.47. The number of halogens is 4. The van der Waals surface area contributed by atoms with Crippen LogP contribution in [0.5, 0.6) is 0 Å². The normalized spacial score (nSPS) is 22.0. The largest absolute Gasteiger partial charge is 0.450 e. The van der Waals surface area contributed by atoms with E-state index in [1.807, 2.05) is 0 Å². The Hall–Kier alpha value is -1.76. The third-order valence-corrected chi connectivity index (χ3v) is 3.30. The number of alkyl halides is 3. The molecule has 21 heavy (non-hydrogen) atoms. The van der Waals surface area contributed by atoms with E-state index < -0.39 is 17.8 Å². The van der Waals surface area contributed by atoms with E-state index in [1.54, 1.807) is 0 Å². The van der Waals surface area contributed by atoms with Gasteiger partial charge in [0.15, 0.2) is 0 Å². The van der Waals surface area contributed by atoms with E-state index in [0.29, 0.717) is 15.6 Å². The number of carbonyl (C=O) groups excluding carboxylic acids is 1. The molecule has 4 nitrogen and oxygen atoms in total. The number of ether oxygens (including phenoxy) is 1. The Kier molecular flexibility index (Phi) is 3.88. The van der Waals surface area contributed by atoms with Gasteiger partial charge in [-0.1, -0.05) is 18.5 Å². The topological polar surface area (TPSA) is 41.9 Å². The molecule has 1 aliphatic heterocycles. The van der Waals surface area contributed by atoms with Crippen LogP contribution in [-0.2, 0) is 9.53 Å². The summed E-state index contributed by atoms with van der Waals surface area (Å²) >= 11 is 5.72. The fraction of sp³-hybridized carbons (Fsp3) is 0.385. The van der Waals surface area contributed by atoms with Crippen LogP contribution in [0.15, 0.2) is 29.4 Å². The van der Waals surface area contributed by atoms with E-state index in [4.69, 9.17) is 16.3 Å². The Morgan fingerprint density at radius 1 is 1.38 bits per heavy atom. The van der Waals surface area contributed by atoms with Crippen molar-refractivity contribution in [1.29, 1.82) is 0 Å². The Morgan fingerprint density at radius 2 is 1.95 bits per heavy atom. The molecule has 1 aliphatic rings. The molecule has 0 aliphatic carbocycles. The van der Waals surface area contributed by atoms with E-state index in [2.05, 4.69) is 5.10 Å². The number of hydrazone groups is 1. The minimum absolute atomic E-state index is 0.119. The molecule has 0 fully saturated rings. The first-order valence-electron chi connectivity index (χ1n) is 6.12. The van der Waals surface area contributed by atoms with Gasteiger partial charge in [0.25, 0.3) is 5.72 Å². The van der Waals surface area contributed by atoms with Gasteiger partial charge in [-0.15, -0.1) is 5.10 Å². The van der Waals surface area contributed by atoms with Gasteiger partial charge in [0, 0.05) is 23.9 Å². The van der Waals surface area contributed by atoms with Gasteiger partial charge in [0.2, 0.25) is 11.8 Å². The van der Waals surface area contributed by atoms with Gasteiger partial charge >= 0.3 is 6.18 Å². The zero-order chi connectivity index (χ0) is 15.8. The molecule has 1 aromatic carbocycles. The lowest BCUT2D eigenvalue weighted by molar-refractivity contribution is -0.284. The third-order valence-electron chi connectivity index (χ3n) is 3.05. The van der Waals surface area contributed by atoms with Crippen LogP contribution in [0.3, 0.4) is 0 Å². The Bertz CT molecular complexity index is 586. The fourth-order valence-electron chi connectivity index (χ4n) is 1.77. The summed E-state index contributed by atoms with van der Waals surface area (Å²) in [6.45, 7) is 2.22. The monoisotopic (exact) mass is 320 g/mol. The molecule has 1 heterocycles. The smallest absolute Gasteiger partial charge is 0.438 e. The highest BCUT2D eigenvalue weighted by Gasteiger charge is 2.63. The SMILES string of the molecule is CCC(=O)N1N=C(c2ccc(Cl)cc2)OC1(C)C(F)(F)F. The lowest BCUT2D eigenvalue weighted by atomic mass is 10.2. The van der Waals surface area contributed by atoms with Crippen molar-refractivity contribution in [2.75, 3.05) is 0 Å². The number of nitrogens with zero attached hydrogens (tertiary/aromatic N) is 2. The first-order chi connectivity index (χ1) is 9.69. The minimum atomic E-state index is -4.78. The summed E-state index contributed by atoms with van der Waals surface area (Å²) < 4.78 is 44.7. The highest BCUT2D eigenvalue weighted by Crippen LogP contribution is 2.41.